The number of nitrogens with one attached hydrogen (secondary N) is 2. The molecule has 0 saturated heterocycles. The van der Waals surface area contributed by atoms with Crippen molar-refractivity contribution in [1.29, 1.82) is 5.26 Å². The molecular formula is C12H10ClN5O. The van der Waals surface area contributed by atoms with Crippen LogP contribution < -0.4 is 10.6 Å². The van der Waals surface area contributed by atoms with Crippen LogP contribution in [0.2, 0.25) is 5.02 Å². The Hall–Kier alpha value is -2.52. The number of hydrogen-bond donors (Lipinski definition) is 2. The summed E-state index contributed by atoms with van der Waals surface area (Å²) in [6.45, 7) is 0. The van der Waals surface area contributed by atoms with Gasteiger partial charge in [0.25, 0.3) is 0 Å². The van der Waals surface area contributed by atoms with Gasteiger partial charge in [0.05, 0.1) is 6.20 Å². The summed E-state index contributed by atoms with van der Waals surface area (Å²) in [6.07, 6.45) is 1.39. The van der Waals surface area contributed by atoms with E-state index in [2.05, 4.69) is 15.7 Å². The first kappa shape index (κ1) is 12.9. The van der Waals surface area contributed by atoms with Crippen LogP contribution in [0.25, 0.3) is 0 Å². The Balaban J connectivity index is 2.07. The maximum absolute atomic E-state index is 11.8. The zero-order chi connectivity index (χ0) is 13.8. The van der Waals surface area contributed by atoms with Crippen LogP contribution in [0.5, 0.6) is 0 Å². The van der Waals surface area contributed by atoms with E-state index in [1.807, 2.05) is 6.07 Å². The van der Waals surface area contributed by atoms with E-state index in [1.165, 1.54) is 10.9 Å². The summed E-state index contributed by atoms with van der Waals surface area (Å²) >= 11 is 5.75. The molecule has 0 fully saturated rings. The largest absolute Gasteiger partial charge is 0.324 e. The summed E-state index contributed by atoms with van der Waals surface area (Å²) < 4.78 is 1.42. The Morgan fingerprint density at radius 2 is 2.05 bits per heavy atom. The summed E-state index contributed by atoms with van der Waals surface area (Å²) in [5, 5.41) is 18.6. The SMILES string of the molecule is Cn1ncc(C#N)c1NC(=O)Nc1ccc(Cl)cc1. The van der Waals surface area contributed by atoms with E-state index in [0.717, 1.165) is 0 Å². The van der Waals surface area contributed by atoms with Gasteiger partial charge in [0.1, 0.15) is 17.5 Å². The third kappa shape index (κ3) is 3.03. The third-order valence-corrected chi connectivity index (χ3v) is 2.65. The van der Waals surface area contributed by atoms with E-state index in [0.29, 0.717) is 22.1 Å². The van der Waals surface area contributed by atoms with Crippen LogP contribution in [0.15, 0.2) is 30.5 Å². The predicted molar refractivity (Wildman–Crippen MR) is 72.0 cm³/mol. The van der Waals surface area contributed by atoms with Gasteiger partial charge in [0.2, 0.25) is 0 Å². The van der Waals surface area contributed by atoms with Crippen molar-refractivity contribution in [2.75, 3.05) is 10.6 Å². The molecule has 0 aliphatic carbocycles. The maximum atomic E-state index is 11.8. The molecule has 96 valence electrons. The molecule has 7 heteroatoms. The number of carbonyl (C=O) groups excluding carboxylic acids is 1. The lowest BCUT2D eigenvalue weighted by atomic mass is 10.3. The number of nitriles is 1. The number of aromatic nitrogens is 2. The van der Waals surface area contributed by atoms with Crippen molar-refractivity contribution >= 4 is 29.1 Å². The molecule has 2 amide bonds. The van der Waals surface area contributed by atoms with Gasteiger partial charge >= 0.3 is 6.03 Å². The van der Waals surface area contributed by atoms with Gasteiger partial charge in [-0.2, -0.15) is 10.4 Å². The fraction of sp³-hybridized carbons (Fsp3) is 0.0833. The standard InChI is InChI=1S/C12H10ClN5O/c1-18-11(8(6-14)7-15-18)17-12(19)16-10-4-2-9(13)3-5-10/h2-5,7H,1H3,(H2,16,17,19). The van der Waals surface area contributed by atoms with Crippen molar-refractivity contribution in [2.24, 2.45) is 7.05 Å². The molecule has 0 aliphatic heterocycles. The highest BCUT2D eigenvalue weighted by molar-refractivity contribution is 6.30. The number of rotatable bonds is 2. The highest BCUT2D eigenvalue weighted by atomic mass is 35.5. The molecule has 1 heterocycles. The fourth-order valence-corrected chi connectivity index (χ4v) is 1.60. The van der Waals surface area contributed by atoms with Crippen LogP contribution >= 0.6 is 11.6 Å². The van der Waals surface area contributed by atoms with Crippen LogP contribution in [0.4, 0.5) is 16.3 Å². The van der Waals surface area contributed by atoms with Crippen LogP contribution in [0, 0.1) is 11.3 Å². The third-order valence-electron chi connectivity index (χ3n) is 2.39. The molecule has 1 aromatic carbocycles. The molecule has 0 bridgehead atoms. The number of anilines is 2. The lowest BCUT2D eigenvalue weighted by molar-refractivity contribution is 0.262. The zero-order valence-electron chi connectivity index (χ0n) is 10.0. The molecule has 1 aromatic heterocycles. The molecular weight excluding hydrogens is 266 g/mol. The Labute approximate surface area is 114 Å². The summed E-state index contributed by atoms with van der Waals surface area (Å²) in [7, 11) is 1.64. The number of amides is 2. The summed E-state index contributed by atoms with van der Waals surface area (Å²) in [6, 6.07) is 8.18. The van der Waals surface area contributed by atoms with Crippen LogP contribution in [0.1, 0.15) is 5.56 Å². The van der Waals surface area contributed by atoms with Crippen LogP contribution in [-0.4, -0.2) is 15.8 Å². The van der Waals surface area contributed by atoms with Gasteiger partial charge in [0, 0.05) is 17.8 Å². The molecule has 2 N–H and O–H groups in total. The van der Waals surface area contributed by atoms with E-state index in [9.17, 15) is 4.79 Å². The topological polar surface area (TPSA) is 82.7 Å². The van der Waals surface area contributed by atoms with Crippen molar-refractivity contribution in [3.63, 3.8) is 0 Å². The minimum absolute atomic E-state index is 0.300. The summed E-state index contributed by atoms with van der Waals surface area (Å²) in [4.78, 5) is 11.8. The van der Waals surface area contributed by atoms with Crippen LogP contribution in [0.3, 0.4) is 0 Å². The highest BCUT2D eigenvalue weighted by Crippen LogP contribution is 2.15. The van der Waals surface area contributed by atoms with Crippen molar-refractivity contribution < 1.29 is 4.79 Å². The highest BCUT2D eigenvalue weighted by Gasteiger charge is 2.11. The van der Waals surface area contributed by atoms with Crippen molar-refractivity contribution in [1.82, 2.24) is 9.78 Å². The van der Waals surface area contributed by atoms with E-state index in [1.54, 1.807) is 31.3 Å². The molecule has 0 aliphatic rings. The molecule has 2 rings (SSSR count). The Morgan fingerprint density at radius 1 is 1.37 bits per heavy atom. The first-order valence-corrected chi connectivity index (χ1v) is 5.73. The second-order valence-corrected chi connectivity index (χ2v) is 4.16. The first-order chi connectivity index (χ1) is 9.10. The number of halogens is 1. The number of carbonyl (C=O) groups is 1. The van der Waals surface area contributed by atoms with Crippen molar-refractivity contribution in [3.05, 3.63) is 41.0 Å². The first-order valence-electron chi connectivity index (χ1n) is 5.36. The molecule has 0 radical (unpaired) electrons. The lowest BCUT2D eigenvalue weighted by Crippen LogP contribution is -2.21. The molecule has 19 heavy (non-hydrogen) atoms. The van der Waals surface area contributed by atoms with Crippen LogP contribution in [-0.2, 0) is 7.05 Å². The minimum Gasteiger partial charge on any atom is -0.308 e. The monoisotopic (exact) mass is 275 g/mol. The average molecular weight is 276 g/mol. The molecule has 0 atom stereocenters. The van der Waals surface area contributed by atoms with E-state index < -0.39 is 6.03 Å². The number of benzene rings is 1. The predicted octanol–water partition coefficient (Wildman–Crippen LogP) is 2.59. The van der Waals surface area contributed by atoms with E-state index in [4.69, 9.17) is 16.9 Å². The molecule has 6 nitrogen and oxygen atoms in total. The van der Waals surface area contributed by atoms with Crippen molar-refractivity contribution in [2.45, 2.75) is 0 Å². The second kappa shape index (κ2) is 5.42. The van der Waals surface area contributed by atoms with Gasteiger partial charge in [-0.05, 0) is 24.3 Å². The minimum atomic E-state index is -0.456. The zero-order valence-corrected chi connectivity index (χ0v) is 10.8. The van der Waals surface area contributed by atoms with Crippen molar-refractivity contribution in [3.8, 4) is 6.07 Å². The Morgan fingerprint density at radius 3 is 2.68 bits per heavy atom. The Bertz CT molecular complexity index is 641. The smallest absolute Gasteiger partial charge is 0.308 e. The molecule has 0 spiro atoms. The van der Waals surface area contributed by atoms with E-state index >= 15 is 0 Å². The number of hydrogen-bond acceptors (Lipinski definition) is 3. The second-order valence-electron chi connectivity index (χ2n) is 3.73. The summed E-state index contributed by atoms with van der Waals surface area (Å²) in [5.74, 6) is 0.342. The number of urea groups is 1. The summed E-state index contributed by atoms with van der Waals surface area (Å²) in [5.41, 5.74) is 0.899. The lowest BCUT2D eigenvalue weighted by Gasteiger charge is -2.08. The van der Waals surface area contributed by atoms with Gasteiger partial charge in [-0.1, -0.05) is 11.6 Å². The average Bonchev–Trinajstić information content (AvgIpc) is 2.73. The Kier molecular flexibility index (Phi) is 3.68. The van der Waals surface area contributed by atoms with Gasteiger partial charge in [0.15, 0.2) is 0 Å². The van der Waals surface area contributed by atoms with Gasteiger partial charge < -0.3 is 5.32 Å². The van der Waals surface area contributed by atoms with Gasteiger partial charge in [-0.3, -0.25) is 10.00 Å². The molecule has 0 unspecified atom stereocenters. The van der Waals surface area contributed by atoms with E-state index in [-0.39, 0.29) is 0 Å². The van der Waals surface area contributed by atoms with Gasteiger partial charge in [-0.15, -0.1) is 0 Å². The fourth-order valence-electron chi connectivity index (χ4n) is 1.47. The quantitative estimate of drug-likeness (QED) is 0.884. The normalized spacial score (nSPS) is 9.74. The molecule has 2 aromatic rings. The number of aryl methyl sites for hydroxylation is 1. The number of nitrogens with zero attached hydrogens (tertiary/aromatic N) is 3. The van der Waals surface area contributed by atoms with Gasteiger partial charge in [-0.25, -0.2) is 4.79 Å². The molecule has 0 saturated carbocycles. The maximum Gasteiger partial charge on any atom is 0.324 e.